The highest BCUT2D eigenvalue weighted by molar-refractivity contribution is 7.92. The summed E-state index contributed by atoms with van der Waals surface area (Å²) in [5, 5.41) is 2.80. The molecule has 28 heavy (non-hydrogen) atoms. The van der Waals surface area contributed by atoms with Crippen molar-refractivity contribution in [2.24, 2.45) is 0 Å². The molecule has 0 spiro atoms. The first-order valence-corrected chi connectivity index (χ1v) is 10.5. The largest absolute Gasteiger partial charge is 0.493 e. The van der Waals surface area contributed by atoms with Gasteiger partial charge in [0.25, 0.3) is 0 Å². The summed E-state index contributed by atoms with van der Waals surface area (Å²) in [7, 11) is -0.786. The second-order valence-corrected chi connectivity index (χ2v) is 8.50. The van der Waals surface area contributed by atoms with Crippen molar-refractivity contribution in [1.29, 1.82) is 0 Å². The normalized spacial score (nSPS) is 12.2. The highest BCUT2D eigenvalue weighted by Gasteiger charge is 2.30. The molecular weight excluding hydrogens is 380 g/mol. The Morgan fingerprint density at radius 2 is 1.57 bits per heavy atom. The molecule has 0 fully saturated rings. The quantitative estimate of drug-likeness (QED) is 0.764. The van der Waals surface area contributed by atoms with E-state index < -0.39 is 22.0 Å². The summed E-state index contributed by atoms with van der Waals surface area (Å²) in [6, 6.07) is 9.38. The molecule has 1 amide bonds. The zero-order chi connectivity index (χ0) is 21.1. The molecule has 0 saturated carbocycles. The van der Waals surface area contributed by atoms with Gasteiger partial charge in [-0.1, -0.05) is 6.07 Å². The number of ether oxygens (including phenoxy) is 2. The van der Waals surface area contributed by atoms with Gasteiger partial charge < -0.3 is 14.8 Å². The van der Waals surface area contributed by atoms with Crippen LogP contribution >= 0.6 is 0 Å². The molecule has 0 heterocycles. The standard InChI is InChI=1S/C20H26N2O5S/c1-13-9-14(2)11-16(10-13)21-20(23)15(3)22(28(6,24)25)17-7-8-18(26-4)19(12-17)27-5/h7-12,15H,1-6H3,(H,21,23)/t15-/m0/s1. The van der Waals surface area contributed by atoms with Gasteiger partial charge in [-0.05, 0) is 56.2 Å². The van der Waals surface area contributed by atoms with E-state index in [4.69, 9.17) is 9.47 Å². The van der Waals surface area contributed by atoms with Gasteiger partial charge in [0.2, 0.25) is 15.9 Å². The Kier molecular flexibility index (Phi) is 6.56. The minimum absolute atomic E-state index is 0.309. The molecule has 0 aromatic heterocycles. The average Bonchev–Trinajstić information content (AvgIpc) is 2.59. The first kappa shape index (κ1) is 21.6. The fraction of sp³-hybridized carbons (Fsp3) is 0.350. The number of aryl methyl sites for hydroxylation is 2. The summed E-state index contributed by atoms with van der Waals surface area (Å²) < 4.78 is 36.4. The van der Waals surface area contributed by atoms with Gasteiger partial charge >= 0.3 is 0 Å². The third kappa shape index (κ3) is 4.95. The summed E-state index contributed by atoms with van der Waals surface area (Å²) in [5.41, 5.74) is 2.93. The van der Waals surface area contributed by atoms with E-state index in [0.717, 1.165) is 21.7 Å². The molecule has 7 nitrogen and oxygen atoms in total. The van der Waals surface area contributed by atoms with Crippen LogP contribution in [0.5, 0.6) is 11.5 Å². The van der Waals surface area contributed by atoms with Crippen LogP contribution in [0.15, 0.2) is 36.4 Å². The summed E-state index contributed by atoms with van der Waals surface area (Å²) in [5.74, 6) is 0.396. The zero-order valence-electron chi connectivity index (χ0n) is 16.9. The molecule has 0 aliphatic heterocycles. The van der Waals surface area contributed by atoms with Crippen molar-refractivity contribution in [3.63, 3.8) is 0 Å². The summed E-state index contributed by atoms with van der Waals surface area (Å²) in [4.78, 5) is 12.8. The number of carbonyl (C=O) groups is 1. The number of sulfonamides is 1. The van der Waals surface area contributed by atoms with Crippen molar-refractivity contribution in [1.82, 2.24) is 0 Å². The van der Waals surface area contributed by atoms with E-state index in [1.807, 2.05) is 32.0 Å². The van der Waals surface area contributed by atoms with Crippen molar-refractivity contribution in [2.45, 2.75) is 26.8 Å². The van der Waals surface area contributed by atoms with Gasteiger partial charge in [0, 0.05) is 11.8 Å². The molecule has 1 atom stereocenters. The number of carbonyl (C=O) groups excluding carboxylic acids is 1. The van der Waals surface area contributed by atoms with E-state index in [1.165, 1.54) is 27.2 Å². The molecule has 0 radical (unpaired) electrons. The Bertz CT molecular complexity index is 952. The number of amides is 1. The van der Waals surface area contributed by atoms with Crippen molar-refractivity contribution in [2.75, 3.05) is 30.1 Å². The summed E-state index contributed by atoms with van der Waals surface area (Å²) in [6.45, 7) is 5.40. The maximum Gasteiger partial charge on any atom is 0.247 e. The fourth-order valence-electron chi connectivity index (χ4n) is 3.06. The van der Waals surface area contributed by atoms with E-state index in [2.05, 4.69) is 5.32 Å². The zero-order valence-corrected chi connectivity index (χ0v) is 17.8. The van der Waals surface area contributed by atoms with Crippen LogP contribution in [0.3, 0.4) is 0 Å². The van der Waals surface area contributed by atoms with E-state index in [0.29, 0.717) is 22.9 Å². The first-order chi connectivity index (χ1) is 13.1. The Balaban J connectivity index is 2.38. The molecule has 2 aromatic rings. The SMILES string of the molecule is COc1ccc(N([C@@H](C)C(=O)Nc2cc(C)cc(C)c2)S(C)(=O)=O)cc1OC. The first-order valence-electron chi connectivity index (χ1n) is 8.67. The van der Waals surface area contributed by atoms with Gasteiger partial charge in [-0.15, -0.1) is 0 Å². The Labute approximate surface area is 166 Å². The monoisotopic (exact) mass is 406 g/mol. The number of methoxy groups -OCH3 is 2. The van der Waals surface area contributed by atoms with Gasteiger partial charge in [0.05, 0.1) is 26.2 Å². The Hall–Kier alpha value is -2.74. The third-order valence-electron chi connectivity index (χ3n) is 4.20. The van der Waals surface area contributed by atoms with Crippen LogP contribution in [0.25, 0.3) is 0 Å². The molecule has 2 aromatic carbocycles. The third-order valence-corrected chi connectivity index (χ3v) is 5.44. The Morgan fingerprint density at radius 1 is 1.00 bits per heavy atom. The lowest BCUT2D eigenvalue weighted by molar-refractivity contribution is -0.116. The predicted octanol–water partition coefficient (Wildman–Crippen LogP) is 3.11. The van der Waals surface area contributed by atoms with Crippen molar-refractivity contribution < 1.29 is 22.7 Å². The maximum absolute atomic E-state index is 12.8. The second kappa shape index (κ2) is 8.52. The lowest BCUT2D eigenvalue weighted by Crippen LogP contribution is -2.45. The van der Waals surface area contributed by atoms with Crippen LogP contribution < -0.4 is 19.1 Å². The summed E-state index contributed by atoms with van der Waals surface area (Å²) >= 11 is 0. The number of anilines is 2. The predicted molar refractivity (Wildman–Crippen MR) is 111 cm³/mol. The lowest BCUT2D eigenvalue weighted by Gasteiger charge is -2.28. The second-order valence-electron chi connectivity index (χ2n) is 6.64. The molecule has 1 N–H and O–H groups in total. The van der Waals surface area contributed by atoms with Gasteiger partial charge in [0.15, 0.2) is 11.5 Å². The topological polar surface area (TPSA) is 84.9 Å². The average molecular weight is 407 g/mol. The van der Waals surface area contributed by atoms with Crippen LogP contribution in [0.2, 0.25) is 0 Å². The molecule has 0 unspecified atom stereocenters. The highest BCUT2D eigenvalue weighted by atomic mass is 32.2. The number of hydrogen-bond acceptors (Lipinski definition) is 5. The van der Waals surface area contributed by atoms with E-state index in [1.54, 1.807) is 12.1 Å². The number of benzene rings is 2. The number of rotatable bonds is 7. The van der Waals surface area contributed by atoms with Crippen LogP contribution in [-0.4, -0.2) is 40.8 Å². The number of nitrogens with zero attached hydrogens (tertiary/aromatic N) is 1. The molecule has 2 rings (SSSR count). The van der Waals surface area contributed by atoms with Gasteiger partial charge in [-0.25, -0.2) is 8.42 Å². The van der Waals surface area contributed by atoms with Crippen molar-refractivity contribution in [3.05, 3.63) is 47.5 Å². The van der Waals surface area contributed by atoms with Crippen LogP contribution in [-0.2, 0) is 14.8 Å². The molecule has 152 valence electrons. The van der Waals surface area contributed by atoms with E-state index in [9.17, 15) is 13.2 Å². The highest BCUT2D eigenvalue weighted by Crippen LogP contribution is 2.33. The molecular formula is C20H26N2O5S. The molecule has 0 aliphatic rings. The van der Waals surface area contributed by atoms with Crippen LogP contribution in [0, 0.1) is 13.8 Å². The van der Waals surface area contributed by atoms with Gasteiger partial charge in [0.1, 0.15) is 6.04 Å². The number of hydrogen-bond donors (Lipinski definition) is 1. The van der Waals surface area contributed by atoms with Crippen molar-refractivity contribution >= 4 is 27.3 Å². The molecule has 0 bridgehead atoms. The van der Waals surface area contributed by atoms with Crippen LogP contribution in [0.4, 0.5) is 11.4 Å². The Morgan fingerprint density at radius 3 is 2.07 bits per heavy atom. The van der Waals surface area contributed by atoms with E-state index >= 15 is 0 Å². The van der Waals surface area contributed by atoms with Gasteiger partial charge in [-0.3, -0.25) is 9.10 Å². The molecule has 0 aliphatic carbocycles. The number of nitrogens with one attached hydrogen (secondary N) is 1. The minimum atomic E-state index is -3.74. The summed E-state index contributed by atoms with van der Waals surface area (Å²) in [6.07, 6.45) is 1.06. The maximum atomic E-state index is 12.8. The minimum Gasteiger partial charge on any atom is -0.493 e. The lowest BCUT2D eigenvalue weighted by atomic mass is 10.1. The molecule has 8 heteroatoms. The molecule has 0 saturated heterocycles. The smallest absolute Gasteiger partial charge is 0.247 e. The van der Waals surface area contributed by atoms with Crippen LogP contribution in [0.1, 0.15) is 18.1 Å². The van der Waals surface area contributed by atoms with Crippen molar-refractivity contribution in [3.8, 4) is 11.5 Å². The van der Waals surface area contributed by atoms with Gasteiger partial charge in [-0.2, -0.15) is 0 Å². The fourth-order valence-corrected chi connectivity index (χ4v) is 4.23. The van der Waals surface area contributed by atoms with E-state index in [-0.39, 0.29) is 0 Å².